The molecule has 0 bridgehead atoms. The van der Waals surface area contributed by atoms with Crippen molar-refractivity contribution >= 4 is 16.5 Å². The largest absolute Gasteiger partial charge is 0.472 e. The molecule has 0 radical (unpaired) electrons. The molecule has 1 atom stereocenters. The molecule has 0 N–H and O–H groups in total. The molecule has 1 fully saturated rings. The molecule has 6 rings (SSSR count). The van der Waals surface area contributed by atoms with Gasteiger partial charge in [-0.25, -0.2) is 0 Å². The molecule has 6 nitrogen and oxygen atoms in total. The molecule has 4 aromatic rings. The van der Waals surface area contributed by atoms with Gasteiger partial charge in [0.2, 0.25) is 5.88 Å². The van der Waals surface area contributed by atoms with Crippen molar-refractivity contribution in [1.82, 2.24) is 14.9 Å². The molecule has 0 unspecified atom stereocenters. The van der Waals surface area contributed by atoms with Gasteiger partial charge in [0.25, 0.3) is 0 Å². The molecule has 190 valence electrons. The van der Waals surface area contributed by atoms with Crippen molar-refractivity contribution in [3.05, 3.63) is 89.1 Å². The summed E-state index contributed by atoms with van der Waals surface area (Å²) in [6.45, 7) is 5.94. The van der Waals surface area contributed by atoms with E-state index in [1.165, 1.54) is 28.4 Å². The Hall–Kier alpha value is -3.64. The lowest BCUT2D eigenvalue weighted by molar-refractivity contribution is 0.184. The van der Waals surface area contributed by atoms with E-state index in [0.717, 1.165) is 42.8 Å². The van der Waals surface area contributed by atoms with Crippen molar-refractivity contribution in [2.24, 2.45) is 0 Å². The molecular formula is C31H34N4O2. The van der Waals surface area contributed by atoms with Crippen LogP contribution in [-0.4, -0.2) is 47.7 Å². The zero-order chi connectivity index (χ0) is 25.2. The van der Waals surface area contributed by atoms with Gasteiger partial charge in [-0.3, -0.25) is 0 Å². The highest BCUT2D eigenvalue weighted by atomic mass is 16.5. The van der Waals surface area contributed by atoms with Crippen molar-refractivity contribution in [3.63, 3.8) is 0 Å². The summed E-state index contributed by atoms with van der Waals surface area (Å²) in [5.41, 5.74) is 5.72. The maximum Gasteiger partial charge on any atom is 0.320 e. The van der Waals surface area contributed by atoms with Crippen molar-refractivity contribution < 1.29 is 9.47 Å². The lowest BCUT2D eigenvalue weighted by atomic mass is 10.0. The van der Waals surface area contributed by atoms with Gasteiger partial charge >= 0.3 is 6.01 Å². The Balaban J connectivity index is 1.30. The Morgan fingerprint density at radius 2 is 1.78 bits per heavy atom. The highest BCUT2D eigenvalue weighted by molar-refractivity contribution is 5.95. The third-order valence-corrected chi connectivity index (χ3v) is 7.63. The number of rotatable bonds is 7. The van der Waals surface area contributed by atoms with Crippen LogP contribution in [0, 0.1) is 6.92 Å². The van der Waals surface area contributed by atoms with Gasteiger partial charge in [0.15, 0.2) is 0 Å². The molecule has 2 aliphatic heterocycles. The summed E-state index contributed by atoms with van der Waals surface area (Å²) in [5.74, 6) is 0.650. The first-order valence-electron chi connectivity index (χ1n) is 13.3. The first-order chi connectivity index (χ1) is 18.1. The summed E-state index contributed by atoms with van der Waals surface area (Å²) in [5, 5.41) is 2.54. The third kappa shape index (κ3) is 5.12. The second-order valence-corrected chi connectivity index (χ2v) is 10.3. The van der Waals surface area contributed by atoms with Gasteiger partial charge in [-0.15, -0.1) is 0 Å². The lowest BCUT2D eigenvalue weighted by Gasteiger charge is -2.32. The van der Waals surface area contributed by atoms with Gasteiger partial charge in [0.1, 0.15) is 13.2 Å². The van der Waals surface area contributed by atoms with E-state index in [0.29, 0.717) is 37.7 Å². The Bertz CT molecular complexity index is 1390. The smallest absolute Gasteiger partial charge is 0.320 e. The normalized spacial score (nSPS) is 17.7. The van der Waals surface area contributed by atoms with Gasteiger partial charge in [-0.1, -0.05) is 60.7 Å². The molecule has 1 aromatic heterocycles. The van der Waals surface area contributed by atoms with Crippen LogP contribution in [0.5, 0.6) is 11.9 Å². The summed E-state index contributed by atoms with van der Waals surface area (Å²) in [6.07, 6.45) is 3.18. The van der Waals surface area contributed by atoms with E-state index in [2.05, 4.69) is 72.3 Å². The molecule has 0 aliphatic carbocycles. The van der Waals surface area contributed by atoms with E-state index in [1.807, 2.05) is 18.2 Å². The lowest BCUT2D eigenvalue weighted by Crippen LogP contribution is -2.33. The number of aryl methyl sites for hydroxylation is 1. The second-order valence-electron chi connectivity index (χ2n) is 10.3. The monoisotopic (exact) mass is 494 g/mol. The fraction of sp³-hybridized carbons (Fsp3) is 0.355. The van der Waals surface area contributed by atoms with Crippen molar-refractivity contribution in [1.29, 1.82) is 0 Å². The number of nitrogens with zero attached hydrogens (tertiary/aromatic N) is 4. The van der Waals surface area contributed by atoms with E-state index in [9.17, 15) is 0 Å². The fourth-order valence-corrected chi connectivity index (χ4v) is 5.55. The van der Waals surface area contributed by atoms with Crippen LogP contribution in [0.15, 0.2) is 66.7 Å². The molecule has 0 saturated carbocycles. The SMILES string of the molecule is Cc1cc(N2CCc3c(nc(OC[C@@H]4CCCN4C)nc3OCc3ccccc3)C2)c2ccccc2c1. The average Bonchev–Trinajstić information content (AvgIpc) is 3.34. The second kappa shape index (κ2) is 10.4. The summed E-state index contributed by atoms with van der Waals surface area (Å²) in [6, 6.07) is 24.2. The van der Waals surface area contributed by atoms with Crippen LogP contribution < -0.4 is 14.4 Å². The Kier molecular flexibility index (Phi) is 6.66. The molecule has 2 aliphatic rings. The zero-order valence-electron chi connectivity index (χ0n) is 21.7. The van der Waals surface area contributed by atoms with Crippen LogP contribution >= 0.6 is 0 Å². The predicted octanol–water partition coefficient (Wildman–Crippen LogP) is 5.55. The number of ether oxygens (including phenoxy) is 2. The van der Waals surface area contributed by atoms with E-state index in [1.54, 1.807) is 0 Å². The predicted molar refractivity (Wildman–Crippen MR) is 147 cm³/mol. The topological polar surface area (TPSA) is 50.7 Å². The quantitative estimate of drug-likeness (QED) is 0.336. The third-order valence-electron chi connectivity index (χ3n) is 7.63. The molecule has 0 spiro atoms. The standard InChI is InChI=1S/C31H34N4O2/c1-22-17-24-11-6-7-13-26(24)29(18-22)35-16-14-27-28(19-35)32-31(37-21-25-12-8-15-34(25)2)33-30(27)36-20-23-9-4-3-5-10-23/h3-7,9-11,13,17-18,25H,8,12,14-16,19-21H2,1-2H3/t25-/m0/s1. The van der Waals surface area contributed by atoms with Crippen LogP contribution in [0.2, 0.25) is 0 Å². The Morgan fingerprint density at radius 1 is 0.946 bits per heavy atom. The van der Waals surface area contributed by atoms with Gasteiger partial charge in [0.05, 0.1) is 12.2 Å². The summed E-state index contributed by atoms with van der Waals surface area (Å²) in [4.78, 5) is 14.5. The maximum atomic E-state index is 6.29. The number of aromatic nitrogens is 2. The minimum absolute atomic E-state index is 0.406. The van der Waals surface area contributed by atoms with Crippen LogP contribution in [0.3, 0.4) is 0 Å². The van der Waals surface area contributed by atoms with E-state index < -0.39 is 0 Å². The number of likely N-dealkylation sites (N-methyl/N-ethyl adjacent to an activating group) is 1. The maximum absolute atomic E-state index is 6.29. The van der Waals surface area contributed by atoms with Crippen molar-refractivity contribution in [3.8, 4) is 11.9 Å². The minimum atomic E-state index is 0.406. The van der Waals surface area contributed by atoms with Gasteiger partial charge in [-0.2, -0.15) is 9.97 Å². The van der Waals surface area contributed by atoms with Gasteiger partial charge in [0, 0.05) is 29.2 Å². The number of anilines is 1. The number of fused-ring (bicyclic) bond motifs is 2. The van der Waals surface area contributed by atoms with Crippen molar-refractivity contribution in [2.45, 2.75) is 45.4 Å². The Morgan fingerprint density at radius 3 is 2.62 bits per heavy atom. The Labute approximate surface area is 218 Å². The average molecular weight is 495 g/mol. The van der Waals surface area contributed by atoms with E-state index >= 15 is 0 Å². The molecule has 3 heterocycles. The number of benzene rings is 3. The molecule has 3 aromatic carbocycles. The van der Waals surface area contributed by atoms with E-state index in [4.69, 9.17) is 19.4 Å². The highest BCUT2D eigenvalue weighted by Crippen LogP contribution is 2.34. The van der Waals surface area contributed by atoms with Crippen molar-refractivity contribution in [2.75, 3.05) is 31.6 Å². The molecule has 1 saturated heterocycles. The van der Waals surface area contributed by atoms with Crippen LogP contribution in [0.1, 0.15) is 35.2 Å². The minimum Gasteiger partial charge on any atom is -0.472 e. The summed E-state index contributed by atoms with van der Waals surface area (Å²) in [7, 11) is 2.16. The summed E-state index contributed by atoms with van der Waals surface area (Å²) < 4.78 is 12.5. The fourth-order valence-electron chi connectivity index (χ4n) is 5.55. The zero-order valence-corrected chi connectivity index (χ0v) is 21.7. The first kappa shape index (κ1) is 23.7. The molecule has 6 heteroatoms. The van der Waals surface area contributed by atoms with Crippen LogP contribution in [-0.2, 0) is 19.6 Å². The molecule has 0 amide bonds. The number of likely N-dealkylation sites (tertiary alicyclic amines) is 1. The first-order valence-corrected chi connectivity index (χ1v) is 13.3. The highest BCUT2D eigenvalue weighted by Gasteiger charge is 2.27. The number of hydrogen-bond acceptors (Lipinski definition) is 6. The molecule has 37 heavy (non-hydrogen) atoms. The molecular weight excluding hydrogens is 460 g/mol. The summed E-state index contributed by atoms with van der Waals surface area (Å²) >= 11 is 0. The van der Waals surface area contributed by atoms with Gasteiger partial charge in [-0.05, 0) is 62.4 Å². The van der Waals surface area contributed by atoms with Crippen LogP contribution in [0.25, 0.3) is 10.8 Å². The van der Waals surface area contributed by atoms with Gasteiger partial charge < -0.3 is 19.3 Å². The number of hydrogen-bond donors (Lipinski definition) is 0. The van der Waals surface area contributed by atoms with E-state index in [-0.39, 0.29) is 0 Å². The van der Waals surface area contributed by atoms with Crippen LogP contribution in [0.4, 0.5) is 5.69 Å².